The van der Waals surface area contributed by atoms with Crippen LogP contribution in [-0.4, -0.2) is 29.7 Å². The molecule has 66 heavy (non-hydrogen) atoms. The molecule has 0 saturated carbocycles. The number of benzene rings is 7. The highest BCUT2D eigenvalue weighted by Crippen LogP contribution is 2.49. The van der Waals surface area contributed by atoms with Crippen LogP contribution in [0.4, 0.5) is 11.4 Å². The van der Waals surface area contributed by atoms with E-state index in [0.717, 1.165) is 78.4 Å². The van der Waals surface area contributed by atoms with Gasteiger partial charge >= 0.3 is 0 Å². The summed E-state index contributed by atoms with van der Waals surface area (Å²) in [7, 11) is 0. The zero-order chi connectivity index (χ0) is 43.3. The number of nitrogens with zero attached hydrogens (tertiary/aromatic N) is 6. The summed E-state index contributed by atoms with van der Waals surface area (Å²) in [6.07, 6.45) is 9.06. The summed E-state index contributed by atoms with van der Waals surface area (Å²) < 4.78 is 7.19. The lowest BCUT2D eigenvalue weighted by Crippen LogP contribution is -2.28. The zero-order valence-electron chi connectivity index (χ0n) is 35.8. The van der Waals surface area contributed by atoms with Crippen LogP contribution in [0.3, 0.4) is 0 Å². The minimum atomic E-state index is 0.168. The van der Waals surface area contributed by atoms with Gasteiger partial charge in [-0.1, -0.05) is 152 Å². The van der Waals surface area contributed by atoms with Crippen LogP contribution in [-0.2, 0) is 0 Å². The van der Waals surface area contributed by atoms with Gasteiger partial charge in [-0.3, -0.25) is 9.13 Å². The monoisotopic (exact) mass is 844 g/mol. The first-order chi connectivity index (χ1) is 32.8. The Morgan fingerprint density at radius 2 is 0.879 bits per heavy atom. The Labute approximate surface area is 380 Å². The van der Waals surface area contributed by atoms with Crippen molar-refractivity contribution in [2.24, 2.45) is 0 Å². The second-order valence-corrected chi connectivity index (χ2v) is 17.3. The minimum Gasteiger partial charge on any atom is -0.333 e. The fourth-order valence-electron chi connectivity index (χ4n) is 11.0. The summed E-state index contributed by atoms with van der Waals surface area (Å²) in [5.74, 6) is 1.97. The predicted octanol–water partition coefficient (Wildman–Crippen LogP) is 14.7. The van der Waals surface area contributed by atoms with E-state index in [1.807, 2.05) is 0 Å². The van der Waals surface area contributed by atoms with E-state index < -0.39 is 0 Å². The first-order valence-electron chi connectivity index (χ1n) is 22.7. The van der Waals surface area contributed by atoms with Gasteiger partial charge < -0.3 is 9.47 Å². The molecule has 0 spiro atoms. The highest BCUT2D eigenvalue weighted by Gasteiger charge is 2.37. The van der Waals surface area contributed by atoms with Gasteiger partial charge in [0.05, 0.1) is 50.5 Å². The van der Waals surface area contributed by atoms with Crippen molar-refractivity contribution in [3.63, 3.8) is 0 Å². The molecule has 2 aliphatic rings. The van der Waals surface area contributed by atoms with Gasteiger partial charge in [-0.15, -0.1) is 0 Å². The largest absolute Gasteiger partial charge is 0.333 e. The van der Waals surface area contributed by atoms with Crippen LogP contribution in [0.2, 0.25) is 0 Å². The van der Waals surface area contributed by atoms with E-state index in [1.54, 1.807) is 0 Å². The molecule has 0 saturated heterocycles. The minimum absolute atomic E-state index is 0.168. The highest BCUT2D eigenvalue weighted by molar-refractivity contribution is 6.21. The van der Waals surface area contributed by atoms with E-state index in [0.29, 0.717) is 0 Å². The molecule has 2 atom stereocenters. The zero-order valence-corrected chi connectivity index (χ0v) is 35.8. The number of fused-ring (bicyclic) bond motifs is 11. The van der Waals surface area contributed by atoms with Crippen molar-refractivity contribution in [3.05, 3.63) is 236 Å². The van der Waals surface area contributed by atoms with Gasteiger partial charge in [0, 0.05) is 55.7 Å². The first-order valence-corrected chi connectivity index (χ1v) is 22.7. The molecule has 0 bridgehead atoms. The third-order valence-corrected chi connectivity index (χ3v) is 13.8. The van der Waals surface area contributed by atoms with Crippen molar-refractivity contribution in [1.82, 2.24) is 23.7 Å². The standard InChI is InChI=1S/C60H40N6/c1-3-17-39(18-4-1)49-25-15-31-57(61-49)65-55-37-41(63-51-27-11-7-21-43(51)44-22-8-12-28-52(44)63)33-35-47(55)60-59(65)48-36-34-42(64-53-29-13-9-23-45(53)46-24-10-14-30-54(46)64)38-56(48)66(60)58-32-16-26-50(62-58)40-19-5-2-6-20-40/h1-38,43,51H. The van der Waals surface area contributed by atoms with Crippen LogP contribution in [0.15, 0.2) is 231 Å². The second kappa shape index (κ2) is 14.4. The molecule has 6 heteroatoms. The van der Waals surface area contributed by atoms with Crippen LogP contribution in [0, 0.1) is 0 Å². The maximum Gasteiger partial charge on any atom is 0.138 e. The number of rotatable bonds is 6. The first kappa shape index (κ1) is 36.7. The maximum atomic E-state index is 5.48. The third-order valence-electron chi connectivity index (χ3n) is 13.8. The number of pyridine rings is 2. The third kappa shape index (κ3) is 5.42. The van der Waals surface area contributed by atoms with E-state index in [-0.39, 0.29) is 12.0 Å². The van der Waals surface area contributed by atoms with Gasteiger partial charge in [0.25, 0.3) is 0 Å². The Morgan fingerprint density at radius 3 is 1.50 bits per heavy atom. The molecular weight excluding hydrogens is 805 g/mol. The lowest BCUT2D eigenvalue weighted by molar-refractivity contribution is 0.745. The van der Waals surface area contributed by atoms with Crippen molar-refractivity contribution in [3.8, 4) is 39.8 Å². The molecule has 2 unspecified atom stereocenters. The lowest BCUT2D eigenvalue weighted by atomic mass is 9.91. The normalized spacial score (nSPS) is 15.4. The van der Waals surface area contributed by atoms with Crippen LogP contribution < -0.4 is 4.90 Å². The molecule has 1 aliphatic carbocycles. The number of anilines is 2. The molecule has 1 aliphatic heterocycles. The summed E-state index contributed by atoms with van der Waals surface area (Å²) in [6, 6.07) is 74.2. The van der Waals surface area contributed by atoms with Crippen LogP contribution >= 0.6 is 0 Å². The van der Waals surface area contributed by atoms with Gasteiger partial charge in [-0.05, 0) is 84.4 Å². The molecule has 12 aromatic rings. The molecule has 0 amide bonds. The summed E-state index contributed by atoms with van der Waals surface area (Å²) in [5, 5.41) is 4.69. The molecule has 7 aromatic carbocycles. The average molecular weight is 845 g/mol. The Bertz CT molecular complexity index is 3910. The van der Waals surface area contributed by atoms with Gasteiger partial charge in [-0.25, -0.2) is 9.97 Å². The van der Waals surface area contributed by atoms with Crippen molar-refractivity contribution < 1.29 is 0 Å². The van der Waals surface area contributed by atoms with E-state index in [2.05, 4.69) is 249 Å². The molecule has 0 N–H and O–H groups in total. The molecule has 6 heterocycles. The van der Waals surface area contributed by atoms with Gasteiger partial charge in [0.2, 0.25) is 0 Å². The number of para-hydroxylation sites is 3. The topological polar surface area (TPSA) is 43.8 Å². The van der Waals surface area contributed by atoms with E-state index in [1.165, 1.54) is 33.1 Å². The Morgan fingerprint density at radius 1 is 0.364 bits per heavy atom. The fraction of sp³-hybridized carbons (Fsp3) is 0.0333. The van der Waals surface area contributed by atoms with Gasteiger partial charge in [0.15, 0.2) is 0 Å². The van der Waals surface area contributed by atoms with Crippen LogP contribution in [0.5, 0.6) is 0 Å². The SMILES string of the molecule is C1=CC2c3ccccc3N(c3ccc4c(c3)n(-c3cccc(-c5ccccc5)n3)c3c5ccc(-n6c7ccccc7c7ccccc76)cc5n(-c5cccc(-c6ccccc6)n5)c43)C2C=C1. The Balaban J connectivity index is 1.10. The van der Waals surface area contributed by atoms with Crippen molar-refractivity contribution in [2.75, 3.05) is 4.90 Å². The van der Waals surface area contributed by atoms with Gasteiger partial charge in [-0.2, -0.15) is 0 Å². The summed E-state index contributed by atoms with van der Waals surface area (Å²) in [6.45, 7) is 0. The second-order valence-electron chi connectivity index (χ2n) is 17.3. The van der Waals surface area contributed by atoms with Gasteiger partial charge in [0.1, 0.15) is 11.6 Å². The smallest absolute Gasteiger partial charge is 0.138 e. The number of aromatic nitrogens is 5. The fourth-order valence-corrected chi connectivity index (χ4v) is 11.0. The summed E-state index contributed by atoms with van der Waals surface area (Å²) >= 11 is 0. The number of hydrogen-bond acceptors (Lipinski definition) is 3. The average Bonchev–Trinajstić information content (AvgIpc) is 4.11. The van der Waals surface area contributed by atoms with Crippen molar-refractivity contribution in [2.45, 2.75) is 12.0 Å². The Hall–Kier alpha value is -8.74. The number of allylic oxidation sites excluding steroid dienone is 2. The molecule has 310 valence electrons. The van der Waals surface area contributed by atoms with E-state index in [4.69, 9.17) is 9.97 Å². The molecule has 6 nitrogen and oxygen atoms in total. The maximum absolute atomic E-state index is 5.48. The van der Waals surface area contributed by atoms with E-state index >= 15 is 0 Å². The quantitative estimate of drug-likeness (QED) is 0.167. The van der Waals surface area contributed by atoms with Crippen LogP contribution in [0.1, 0.15) is 11.5 Å². The van der Waals surface area contributed by atoms with E-state index in [9.17, 15) is 0 Å². The van der Waals surface area contributed by atoms with Crippen molar-refractivity contribution in [1.29, 1.82) is 0 Å². The van der Waals surface area contributed by atoms with Crippen molar-refractivity contribution >= 4 is 66.0 Å². The molecule has 0 radical (unpaired) electrons. The van der Waals surface area contributed by atoms with Crippen LogP contribution in [0.25, 0.3) is 94.5 Å². The molecule has 5 aromatic heterocycles. The predicted molar refractivity (Wildman–Crippen MR) is 272 cm³/mol. The number of hydrogen-bond donors (Lipinski definition) is 0. The molecular formula is C60H40N6. The lowest BCUT2D eigenvalue weighted by Gasteiger charge is -2.29. The molecule has 0 fully saturated rings. The Kier molecular flexibility index (Phi) is 8.01. The highest BCUT2D eigenvalue weighted by atomic mass is 15.2. The summed E-state index contributed by atoms with van der Waals surface area (Å²) in [5.41, 5.74) is 15.4. The summed E-state index contributed by atoms with van der Waals surface area (Å²) in [4.78, 5) is 13.5. The molecule has 14 rings (SSSR count).